The largest absolute Gasteiger partial charge is 0.455 e. The maximum atomic E-state index is 8.13. The lowest BCUT2D eigenvalue weighted by Gasteiger charge is -2.06. The van der Waals surface area contributed by atoms with Crippen LogP contribution in [-0.4, -0.2) is 9.97 Å². The van der Waals surface area contributed by atoms with E-state index in [9.17, 15) is 0 Å². The van der Waals surface area contributed by atoms with E-state index in [0.717, 1.165) is 27.7 Å². The number of pyridine rings is 2. The second-order valence-electron chi connectivity index (χ2n) is 7.27. The number of benzene rings is 3. The predicted octanol–water partition coefficient (Wildman–Crippen LogP) is 7.27. The van der Waals surface area contributed by atoms with Crippen molar-refractivity contribution in [2.75, 3.05) is 0 Å². The fourth-order valence-corrected chi connectivity index (χ4v) is 4.10. The summed E-state index contributed by atoms with van der Waals surface area (Å²) in [6, 6.07) is 16.6. The van der Waals surface area contributed by atoms with E-state index < -0.39 is 20.6 Å². The van der Waals surface area contributed by atoms with Gasteiger partial charge in [0, 0.05) is 41.2 Å². The van der Waals surface area contributed by atoms with Gasteiger partial charge in [0.1, 0.15) is 11.2 Å². The van der Waals surface area contributed by atoms with Crippen LogP contribution in [0.3, 0.4) is 0 Å². The van der Waals surface area contributed by atoms with E-state index in [2.05, 4.69) is 9.97 Å². The third-order valence-corrected chi connectivity index (χ3v) is 5.55. The Hall–Kier alpha value is -3.72. The molecule has 0 aliphatic carbocycles. The fraction of sp³-hybridized carbons (Fsp3) is 0.111. The monoisotopic (exact) mass is 397 g/mol. The Kier molecular flexibility index (Phi) is 2.12. The molecule has 3 aromatic heterocycles. The minimum Gasteiger partial charge on any atom is -0.455 e. The number of aromatic nitrogens is 2. The molecule has 0 bridgehead atoms. The highest BCUT2D eigenvalue weighted by molar-refractivity contribution is 6.24. The van der Waals surface area contributed by atoms with Gasteiger partial charge in [0.25, 0.3) is 0 Å². The second kappa shape index (κ2) is 6.14. The summed E-state index contributed by atoms with van der Waals surface area (Å²) in [5.41, 5.74) is 0.105. The first-order chi connectivity index (χ1) is 18.2. The number of hydrogen-bond acceptors (Lipinski definition) is 3. The molecule has 3 aromatic carbocycles. The summed E-state index contributed by atoms with van der Waals surface area (Å²) < 4.78 is 77.9. The van der Waals surface area contributed by atoms with Crippen molar-refractivity contribution in [1.29, 1.82) is 0 Å². The highest BCUT2D eigenvalue weighted by atomic mass is 16.3. The van der Waals surface area contributed by atoms with Gasteiger partial charge in [0.2, 0.25) is 0 Å². The molecule has 0 aliphatic rings. The molecular formula is C27H20N2O. The lowest BCUT2D eigenvalue weighted by atomic mass is 9.99. The Bertz CT molecular complexity index is 1930. The van der Waals surface area contributed by atoms with Gasteiger partial charge in [-0.2, -0.15) is 0 Å². The van der Waals surface area contributed by atoms with Crippen LogP contribution >= 0.6 is 0 Å². The molecule has 0 fully saturated rings. The summed E-state index contributed by atoms with van der Waals surface area (Å²) in [7, 11) is 0. The van der Waals surface area contributed by atoms with Gasteiger partial charge >= 0.3 is 0 Å². The summed E-state index contributed by atoms with van der Waals surface area (Å²) >= 11 is 0. The van der Waals surface area contributed by atoms with Crippen LogP contribution in [0.2, 0.25) is 0 Å². The smallest absolute Gasteiger partial charge is 0.148 e. The van der Waals surface area contributed by atoms with Gasteiger partial charge in [0.15, 0.2) is 0 Å². The van der Waals surface area contributed by atoms with E-state index in [1.807, 2.05) is 42.5 Å². The molecule has 6 aromatic rings. The number of furan rings is 1. The van der Waals surface area contributed by atoms with Crippen LogP contribution in [0.25, 0.3) is 54.7 Å². The number of fused-ring (bicyclic) bond motifs is 7. The second-order valence-corrected chi connectivity index (χ2v) is 7.27. The normalized spacial score (nSPS) is 17.5. The molecule has 0 unspecified atom stereocenters. The maximum absolute atomic E-state index is 8.13. The van der Waals surface area contributed by atoms with E-state index in [0.29, 0.717) is 11.0 Å². The van der Waals surface area contributed by atoms with Gasteiger partial charge in [-0.3, -0.25) is 9.97 Å². The third-order valence-electron chi connectivity index (χ3n) is 5.55. The highest BCUT2D eigenvalue weighted by Crippen LogP contribution is 2.41. The first-order valence-electron chi connectivity index (χ1n) is 13.9. The zero-order valence-electron chi connectivity index (χ0n) is 24.7. The molecule has 30 heavy (non-hydrogen) atoms. The van der Waals surface area contributed by atoms with Crippen molar-refractivity contribution >= 4 is 43.5 Å². The molecule has 6 rings (SSSR count). The Morgan fingerprint density at radius 3 is 2.50 bits per heavy atom. The predicted molar refractivity (Wildman–Crippen MR) is 124 cm³/mol. The van der Waals surface area contributed by atoms with Crippen LogP contribution in [-0.2, 0) is 0 Å². The molecular weight excluding hydrogens is 368 g/mol. The molecule has 0 aliphatic heterocycles. The number of hydrogen-bond donors (Lipinski definition) is 0. The Labute approximate surface area is 186 Å². The summed E-state index contributed by atoms with van der Waals surface area (Å²) in [6.07, 6.45) is 2.31. The average molecular weight is 398 g/mol. The zero-order chi connectivity index (χ0) is 27.9. The molecule has 3 heteroatoms. The van der Waals surface area contributed by atoms with Gasteiger partial charge in [-0.25, -0.2) is 0 Å². The van der Waals surface area contributed by atoms with Crippen molar-refractivity contribution in [3.63, 3.8) is 0 Å². The van der Waals surface area contributed by atoms with E-state index in [-0.39, 0.29) is 39.0 Å². The van der Waals surface area contributed by atoms with E-state index in [1.165, 1.54) is 12.3 Å². The number of aryl methyl sites for hydroxylation is 3. The first kappa shape index (κ1) is 10.4. The molecule has 0 saturated heterocycles. The first-order valence-corrected chi connectivity index (χ1v) is 9.43. The molecule has 0 N–H and O–H groups in total. The van der Waals surface area contributed by atoms with E-state index >= 15 is 0 Å². The summed E-state index contributed by atoms with van der Waals surface area (Å²) in [5, 5.41) is 4.43. The van der Waals surface area contributed by atoms with Crippen LogP contribution in [0, 0.1) is 20.6 Å². The average Bonchev–Trinajstić information content (AvgIpc) is 3.25. The van der Waals surface area contributed by atoms with Gasteiger partial charge in [-0.1, -0.05) is 42.5 Å². The molecule has 0 atom stereocenters. The van der Waals surface area contributed by atoms with Gasteiger partial charge in [-0.05, 0) is 60.0 Å². The van der Waals surface area contributed by atoms with Crippen molar-refractivity contribution in [1.82, 2.24) is 9.97 Å². The topological polar surface area (TPSA) is 38.9 Å². The van der Waals surface area contributed by atoms with Gasteiger partial charge < -0.3 is 4.42 Å². The standard InChI is InChI=1S/C27H20N2O/c1-15-12-23(29-13-16(15)2)22-14-28-17(3)24-21-11-10-19-9-8-18-6-4-5-7-20(18)25(19)26(21)30-27(22)24/h4-14H,1-3H3/i1D3,2D3,3D3. The lowest BCUT2D eigenvalue weighted by Crippen LogP contribution is -1.91. The molecule has 144 valence electrons. The number of nitrogens with zero attached hydrogens (tertiary/aromatic N) is 2. The quantitative estimate of drug-likeness (QED) is 0.274. The van der Waals surface area contributed by atoms with Crippen molar-refractivity contribution in [2.45, 2.75) is 20.6 Å². The Balaban J connectivity index is 1.75. The van der Waals surface area contributed by atoms with E-state index in [4.69, 9.17) is 16.8 Å². The van der Waals surface area contributed by atoms with Crippen LogP contribution < -0.4 is 0 Å². The van der Waals surface area contributed by atoms with Crippen LogP contribution in [0.5, 0.6) is 0 Å². The van der Waals surface area contributed by atoms with Crippen LogP contribution in [0.1, 0.15) is 29.2 Å². The van der Waals surface area contributed by atoms with Crippen molar-refractivity contribution in [3.05, 3.63) is 83.8 Å². The van der Waals surface area contributed by atoms with Gasteiger partial charge in [0.05, 0.1) is 16.6 Å². The van der Waals surface area contributed by atoms with Crippen LogP contribution in [0.15, 0.2) is 71.4 Å². The SMILES string of the molecule is [2H]C([2H])([2H])c1cnc(-c2cnc(C([2H])([2H])[2H])c3c2oc2c3ccc3ccc4ccccc4c32)cc1C([2H])([2H])[2H]. The Morgan fingerprint density at radius 2 is 1.60 bits per heavy atom. The zero-order valence-corrected chi connectivity index (χ0v) is 15.7. The van der Waals surface area contributed by atoms with Crippen molar-refractivity contribution in [3.8, 4) is 11.3 Å². The molecule has 0 spiro atoms. The maximum Gasteiger partial charge on any atom is 0.148 e. The summed E-state index contributed by atoms with van der Waals surface area (Å²) in [4.78, 5) is 8.53. The molecule has 0 amide bonds. The van der Waals surface area contributed by atoms with Crippen molar-refractivity contribution < 1.29 is 16.8 Å². The summed E-state index contributed by atoms with van der Waals surface area (Å²) in [5.74, 6) is 0. The summed E-state index contributed by atoms with van der Waals surface area (Å²) in [6.45, 7) is -7.98. The Morgan fingerprint density at radius 1 is 0.733 bits per heavy atom. The molecule has 0 radical (unpaired) electrons. The fourth-order valence-electron chi connectivity index (χ4n) is 4.10. The lowest BCUT2D eigenvalue weighted by molar-refractivity contribution is 0.673. The van der Waals surface area contributed by atoms with E-state index in [1.54, 1.807) is 6.07 Å². The third kappa shape index (κ3) is 2.32. The van der Waals surface area contributed by atoms with Crippen LogP contribution in [0.4, 0.5) is 0 Å². The van der Waals surface area contributed by atoms with Crippen molar-refractivity contribution in [2.24, 2.45) is 0 Å². The minimum atomic E-state index is -2.73. The minimum absolute atomic E-state index is 0.108. The van der Waals surface area contributed by atoms with Gasteiger partial charge in [-0.15, -0.1) is 0 Å². The highest BCUT2D eigenvalue weighted by Gasteiger charge is 2.19. The molecule has 0 saturated carbocycles. The molecule has 3 heterocycles. The number of rotatable bonds is 1. The molecule has 3 nitrogen and oxygen atoms in total.